The SMILES string of the molecule is CC(C)(F)C(c1cc(F)cc(F)c1)C1CN(C(c2ccccc2)c2ccccc2)C1. The average Bonchev–Trinajstić information content (AvgIpc) is 2.66. The molecule has 0 bridgehead atoms. The average molecular weight is 409 g/mol. The van der Waals surface area contributed by atoms with Crippen LogP contribution in [-0.2, 0) is 0 Å². The van der Waals surface area contributed by atoms with Gasteiger partial charge in [0.1, 0.15) is 17.3 Å². The summed E-state index contributed by atoms with van der Waals surface area (Å²) >= 11 is 0. The van der Waals surface area contributed by atoms with Crippen LogP contribution < -0.4 is 0 Å². The predicted molar refractivity (Wildman–Crippen MR) is 114 cm³/mol. The molecule has 1 fully saturated rings. The molecule has 3 aromatic carbocycles. The van der Waals surface area contributed by atoms with E-state index < -0.39 is 23.2 Å². The zero-order chi connectivity index (χ0) is 21.3. The molecule has 3 aromatic rings. The predicted octanol–water partition coefficient (Wildman–Crippen LogP) is 6.52. The van der Waals surface area contributed by atoms with Crippen LogP contribution in [0, 0.1) is 17.6 Å². The first-order valence-electron chi connectivity index (χ1n) is 10.3. The zero-order valence-corrected chi connectivity index (χ0v) is 17.2. The van der Waals surface area contributed by atoms with Gasteiger partial charge in [0, 0.05) is 25.1 Å². The highest BCUT2D eigenvalue weighted by molar-refractivity contribution is 5.33. The summed E-state index contributed by atoms with van der Waals surface area (Å²) in [6.45, 7) is 4.30. The molecule has 30 heavy (non-hydrogen) atoms. The molecule has 1 aliphatic heterocycles. The van der Waals surface area contributed by atoms with Crippen LogP contribution >= 0.6 is 0 Å². The Morgan fingerprint density at radius 2 is 1.23 bits per heavy atom. The van der Waals surface area contributed by atoms with Gasteiger partial charge in [0.05, 0.1) is 6.04 Å². The quantitative estimate of drug-likeness (QED) is 0.448. The Labute approximate surface area is 176 Å². The lowest BCUT2D eigenvalue weighted by molar-refractivity contribution is 0.00805. The van der Waals surface area contributed by atoms with Crippen LogP contribution in [0.4, 0.5) is 13.2 Å². The summed E-state index contributed by atoms with van der Waals surface area (Å²) < 4.78 is 42.9. The molecule has 0 saturated carbocycles. The first kappa shape index (κ1) is 20.7. The van der Waals surface area contributed by atoms with Crippen molar-refractivity contribution in [1.29, 1.82) is 0 Å². The van der Waals surface area contributed by atoms with E-state index >= 15 is 4.39 Å². The molecule has 0 spiro atoms. The number of hydrogen-bond donors (Lipinski definition) is 0. The van der Waals surface area contributed by atoms with Gasteiger partial charge < -0.3 is 0 Å². The summed E-state index contributed by atoms with van der Waals surface area (Å²) in [5.41, 5.74) is 1.15. The molecule has 4 heteroatoms. The highest BCUT2D eigenvalue weighted by atomic mass is 19.1. The molecule has 1 unspecified atom stereocenters. The third-order valence-corrected chi connectivity index (χ3v) is 5.99. The number of rotatable bonds is 6. The van der Waals surface area contributed by atoms with E-state index in [1.54, 1.807) is 0 Å². The van der Waals surface area contributed by atoms with Crippen LogP contribution in [0.2, 0.25) is 0 Å². The number of nitrogens with zero attached hydrogens (tertiary/aromatic N) is 1. The van der Waals surface area contributed by atoms with Gasteiger partial charge >= 0.3 is 0 Å². The smallest absolute Gasteiger partial charge is 0.126 e. The Kier molecular flexibility index (Phi) is 5.70. The molecule has 0 amide bonds. The third kappa shape index (κ3) is 4.29. The maximum atomic E-state index is 15.2. The largest absolute Gasteiger partial charge is 0.292 e. The summed E-state index contributed by atoms with van der Waals surface area (Å²) in [7, 11) is 0. The minimum absolute atomic E-state index is 0.0267. The van der Waals surface area contributed by atoms with E-state index in [1.807, 2.05) is 36.4 Å². The number of hydrogen-bond acceptors (Lipinski definition) is 1. The summed E-state index contributed by atoms with van der Waals surface area (Å²) in [6, 6.07) is 23.9. The second kappa shape index (κ2) is 8.27. The summed E-state index contributed by atoms with van der Waals surface area (Å²) in [5.74, 6) is -1.93. The van der Waals surface area contributed by atoms with Gasteiger partial charge in [-0.05, 0) is 48.6 Å². The van der Waals surface area contributed by atoms with Gasteiger partial charge in [-0.25, -0.2) is 13.2 Å². The summed E-state index contributed by atoms with van der Waals surface area (Å²) in [4.78, 5) is 2.31. The molecular weight excluding hydrogens is 383 g/mol. The van der Waals surface area contributed by atoms with Crippen LogP contribution in [0.25, 0.3) is 0 Å². The van der Waals surface area contributed by atoms with E-state index in [-0.39, 0.29) is 12.0 Å². The van der Waals surface area contributed by atoms with E-state index in [0.29, 0.717) is 18.7 Å². The van der Waals surface area contributed by atoms with Crippen molar-refractivity contribution in [2.75, 3.05) is 13.1 Å². The first-order chi connectivity index (χ1) is 14.3. The molecule has 1 atom stereocenters. The van der Waals surface area contributed by atoms with Crippen LogP contribution in [0.3, 0.4) is 0 Å². The molecule has 1 nitrogen and oxygen atoms in total. The lowest BCUT2D eigenvalue weighted by Gasteiger charge is -2.50. The molecule has 4 rings (SSSR count). The number of halogens is 3. The molecule has 0 N–H and O–H groups in total. The monoisotopic (exact) mass is 409 g/mol. The fraction of sp³-hybridized carbons (Fsp3) is 0.308. The van der Waals surface area contributed by atoms with Crippen molar-refractivity contribution in [2.24, 2.45) is 5.92 Å². The van der Waals surface area contributed by atoms with E-state index in [4.69, 9.17) is 0 Å². The topological polar surface area (TPSA) is 3.24 Å². The van der Waals surface area contributed by atoms with Crippen molar-refractivity contribution in [2.45, 2.75) is 31.5 Å². The van der Waals surface area contributed by atoms with Crippen molar-refractivity contribution in [3.8, 4) is 0 Å². The molecule has 1 aliphatic rings. The Morgan fingerprint density at radius 1 is 0.767 bits per heavy atom. The zero-order valence-electron chi connectivity index (χ0n) is 17.2. The van der Waals surface area contributed by atoms with Crippen LogP contribution in [0.5, 0.6) is 0 Å². The van der Waals surface area contributed by atoms with Crippen molar-refractivity contribution < 1.29 is 13.2 Å². The molecular formula is C26H26F3N. The Morgan fingerprint density at radius 3 is 1.67 bits per heavy atom. The fourth-order valence-electron chi connectivity index (χ4n) is 4.84. The van der Waals surface area contributed by atoms with Gasteiger partial charge in [-0.15, -0.1) is 0 Å². The molecule has 0 aromatic heterocycles. The number of likely N-dealkylation sites (tertiary alicyclic amines) is 1. The highest BCUT2D eigenvalue weighted by Crippen LogP contribution is 2.45. The van der Waals surface area contributed by atoms with E-state index in [1.165, 1.54) is 37.1 Å². The Balaban J connectivity index is 1.61. The summed E-state index contributed by atoms with van der Waals surface area (Å²) in [6.07, 6.45) is 0. The fourth-order valence-corrected chi connectivity index (χ4v) is 4.84. The van der Waals surface area contributed by atoms with Gasteiger partial charge in [0.15, 0.2) is 0 Å². The van der Waals surface area contributed by atoms with Gasteiger partial charge in [0.25, 0.3) is 0 Å². The minimum Gasteiger partial charge on any atom is -0.292 e. The van der Waals surface area contributed by atoms with Gasteiger partial charge in [-0.3, -0.25) is 4.90 Å². The molecule has 156 valence electrons. The third-order valence-electron chi connectivity index (χ3n) is 5.99. The minimum atomic E-state index is -1.59. The molecule has 1 heterocycles. The lowest BCUT2D eigenvalue weighted by atomic mass is 9.72. The van der Waals surface area contributed by atoms with Gasteiger partial charge in [-0.1, -0.05) is 60.7 Å². The normalized spacial score (nSPS) is 16.5. The van der Waals surface area contributed by atoms with Crippen LogP contribution in [-0.4, -0.2) is 23.7 Å². The van der Waals surface area contributed by atoms with Crippen LogP contribution in [0.1, 0.15) is 42.5 Å². The Bertz CT molecular complexity index is 916. The maximum absolute atomic E-state index is 15.2. The van der Waals surface area contributed by atoms with Crippen molar-refractivity contribution in [1.82, 2.24) is 4.90 Å². The van der Waals surface area contributed by atoms with E-state index in [0.717, 1.165) is 6.07 Å². The summed E-state index contributed by atoms with van der Waals surface area (Å²) in [5, 5.41) is 0. The van der Waals surface area contributed by atoms with Gasteiger partial charge in [0.2, 0.25) is 0 Å². The number of alkyl halides is 1. The van der Waals surface area contributed by atoms with Crippen molar-refractivity contribution in [3.63, 3.8) is 0 Å². The van der Waals surface area contributed by atoms with Gasteiger partial charge in [-0.2, -0.15) is 0 Å². The standard InChI is InChI=1S/C26H26F3N/c1-26(2,29)24(20-13-22(27)15-23(28)14-20)21-16-30(17-21)25(18-9-5-3-6-10-18)19-11-7-4-8-12-19/h3-15,21,24-25H,16-17H2,1-2H3. The highest BCUT2D eigenvalue weighted by Gasteiger charge is 2.45. The maximum Gasteiger partial charge on any atom is 0.126 e. The van der Waals surface area contributed by atoms with Crippen molar-refractivity contribution >= 4 is 0 Å². The van der Waals surface area contributed by atoms with Crippen molar-refractivity contribution in [3.05, 3.63) is 107 Å². The second-order valence-electron chi connectivity index (χ2n) is 8.68. The molecule has 1 saturated heterocycles. The Hall–Kier alpha value is -2.59. The molecule has 0 radical (unpaired) electrons. The van der Waals surface area contributed by atoms with E-state index in [2.05, 4.69) is 29.2 Å². The van der Waals surface area contributed by atoms with E-state index in [9.17, 15) is 8.78 Å². The number of benzene rings is 3. The lowest BCUT2D eigenvalue weighted by Crippen LogP contribution is -2.53. The first-order valence-corrected chi connectivity index (χ1v) is 10.3. The van der Waals surface area contributed by atoms with Crippen LogP contribution in [0.15, 0.2) is 78.9 Å². The second-order valence-corrected chi connectivity index (χ2v) is 8.68. The molecule has 0 aliphatic carbocycles.